The van der Waals surface area contributed by atoms with Gasteiger partial charge in [-0.1, -0.05) is 0 Å². The molecule has 0 radical (unpaired) electrons. The first kappa shape index (κ1) is 17.8. The van der Waals surface area contributed by atoms with Gasteiger partial charge in [-0.25, -0.2) is 13.8 Å². The highest BCUT2D eigenvalue weighted by molar-refractivity contribution is 5.88. The average Bonchev–Trinajstić information content (AvgIpc) is 2.96. The lowest BCUT2D eigenvalue weighted by Gasteiger charge is -2.14. The summed E-state index contributed by atoms with van der Waals surface area (Å²) in [5, 5.41) is 12.8. The molecule has 0 fully saturated rings. The third-order valence-corrected chi connectivity index (χ3v) is 3.69. The third kappa shape index (κ3) is 4.15. The fourth-order valence-electron chi connectivity index (χ4n) is 2.51. The quantitative estimate of drug-likeness (QED) is 0.708. The van der Waals surface area contributed by atoms with E-state index in [1.165, 1.54) is 17.8 Å². The Labute approximate surface area is 148 Å². The van der Waals surface area contributed by atoms with Gasteiger partial charge in [0.25, 0.3) is 0 Å². The van der Waals surface area contributed by atoms with Crippen LogP contribution in [0.2, 0.25) is 0 Å². The van der Waals surface area contributed by atoms with E-state index < -0.39 is 17.7 Å². The van der Waals surface area contributed by atoms with Crippen LogP contribution < -0.4 is 10.1 Å². The van der Waals surface area contributed by atoms with Gasteiger partial charge in [-0.05, 0) is 24.3 Å². The summed E-state index contributed by atoms with van der Waals surface area (Å²) in [4.78, 5) is 15.0. The van der Waals surface area contributed by atoms with E-state index in [1.54, 1.807) is 24.3 Å². The lowest BCUT2D eigenvalue weighted by molar-refractivity contribution is -0.114. The van der Waals surface area contributed by atoms with Gasteiger partial charge in [0.1, 0.15) is 18.5 Å². The number of amides is 1. The standard InChI is InChI=1S/C18H17F2N3O3/c1-11(24)22-12-2-4-14(5-3-12)26-9-13(25)8-23-10-21-17-6-15(19)16(20)7-18(17)23/h2-7,10,13,25H,8-9H2,1H3,(H,22,24)/t13-/m1/s1. The minimum absolute atomic E-state index is 0.00281. The van der Waals surface area contributed by atoms with Gasteiger partial charge in [0.05, 0.1) is 23.9 Å². The molecule has 0 saturated carbocycles. The zero-order valence-corrected chi connectivity index (χ0v) is 13.9. The van der Waals surface area contributed by atoms with Crippen molar-refractivity contribution in [3.8, 4) is 5.75 Å². The molecule has 1 amide bonds. The van der Waals surface area contributed by atoms with Crippen LogP contribution in [0.5, 0.6) is 5.75 Å². The first-order valence-corrected chi connectivity index (χ1v) is 7.91. The van der Waals surface area contributed by atoms with Gasteiger partial charge in [-0.3, -0.25) is 4.79 Å². The van der Waals surface area contributed by atoms with E-state index in [0.717, 1.165) is 12.1 Å². The van der Waals surface area contributed by atoms with Crippen molar-refractivity contribution in [1.29, 1.82) is 0 Å². The zero-order valence-electron chi connectivity index (χ0n) is 13.9. The lowest BCUT2D eigenvalue weighted by atomic mass is 10.2. The summed E-state index contributed by atoms with van der Waals surface area (Å²) >= 11 is 0. The monoisotopic (exact) mass is 361 g/mol. The molecule has 1 atom stereocenters. The number of ether oxygens (including phenoxy) is 1. The molecule has 0 saturated heterocycles. The van der Waals surface area contributed by atoms with Crippen LogP contribution in [-0.4, -0.2) is 33.3 Å². The zero-order chi connectivity index (χ0) is 18.7. The highest BCUT2D eigenvalue weighted by atomic mass is 19.2. The number of benzene rings is 2. The second kappa shape index (κ2) is 7.49. The van der Waals surface area contributed by atoms with Crippen molar-refractivity contribution in [2.24, 2.45) is 0 Å². The first-order valence-electron chi connectivity index (χ1n) is 7.91. The Morgan fingerprint density at radius 3 is 2.65 bits per heavy atom. The van der Waals surface area contributed by atoms with Gasteiger partial charge >= 0.3 is 0 Å². The molecule has 0 bridgehead atoms. The number of aliphatic hydroxyl groups is 1. The summed E-state index contributed by atoms with van der Waals surface area (Å²) in [6, 6.07) is 8.77. The van der Waals surface area contributed by atoms with E-state index >= 15 is 0 Å². The Morgan fingerprint density at radius 2 is 1.96 bits per heavy atom. The van der Waals surface area contributed by atoms with Crippen LogP contribution in [0, 0.1) is 11.6 Å². The average molecular weight is 361 g/mol. The molecule has 2 aromatic carbocycles. The maximum absolute atomic E-state index is 13.4. The van der Waals surface area contributed by atoms with Crippen LogP contribution in [-0.2, 0) is 11.3 Å². The first-order chi connectivity index (χ1) is 12.4. The van der Waals surface area contributed by atoms with E-state index in [9.17, 15) is 18.7 Å². The smallest absolute Gasteiger partial charge is 0.221 e. The minimum Gasteiger partial charge on any atom is -0.491 e. The summed E-state index contributed by atoms with van der Waals surface area (Å²) in [7, 11) is 0. The molecule has 3 aromatic rings. The number of aliphatic hydroxyl groups excluding tert-OH is 1. The second-order valence-corrected chi connectivity index (χ2v) is 5.82. The number of anilines is 1. The molecule has 8 heteroatoms. The van der Waals surface area contributed by atoms with Gasteiger partial charge < -0.3 is 19.7 Å². The fraction of sp³-hybridized carbons (Fsp3) is 0.222. The molecule has 0 unspecified atom stereocenters. The number of imidazole rings is 1. The molecule has 1 aromatic heterocycles. The Kier molecular flexibility index (Phi) is 5.13. The fourth-order valence-corrected chi connectivity index (χ4v) is 2.51. The van der Waals surface area contributed by atoms with Gasteiger partial charge in [0.2, 0.25) is 5.91 Å². The highest BCUT2D eigenvalue weighted by Crippen LogP contribution is 2.19. The van der Waals surface area contributed by atoms with Crippen molar-refractivity contribution in [1.82, 2.24) is 9.55 Å². The molecule has 0 aliphatic rings. The summed E-state index contributed by atoms with van der Waals surface area (Å²) in [6.07, 6.45) is 0.533. The van der Waals surface area contributed by atoms with Crippen molar-refractivity contribution in [3.63, 3.8) is 0 Å². The largest absolute Gasteiger partial charge is 0.491 e. The molecule has 0 aliphatic carbocycles. The molecule has 3 rings (SSSR count). The van der Waals surface area contributed by atoms with Crippen LogP contribution >= 0.6 is 0 Å². The Hall–Kier alpha value is -3.00. The molecule has 6 nitrogen and oxygen atoms in total. The number of hydrogen-bond acceptors (Lipinski definition) is 4. The molecule has 2 N–H and O–H groups in total. The minimum atomic E-state index is -0.968. The maximum atomic E-state index is 13.4. The van der Waals surface area contributed by atoms with E-state index in [1.807, 2.05) is 0 Å². The molecule has 136 valence electrons. The predicted octanol–water partition coefficient (Wildman–Crippen LogP) is 2.71. The van der Waals surface area contributed by atoms with Crippen molar-refractivity contribution >= 4 is 22.6 Å². The van der Waals surface area contributed by atoms with Crippen LogP contribution in [0.25, 0.3) is 11.0 Å². The Balaban J connectivity index is 1.60. The number of halogens is 2. The number of fused-ring (bicyclic) bond motifs is 1. The number of carbonyl (C=O) groups is 1. The van der Waals surface area contributed by atoms with Crippen molar-refractivity contribution in [2.45, 2.75) is 19.6 Å². The number of hydrogen-bond donors (Lipinski definition) is 2. The van der Waals surface area contributed by atoms with Crippen LogP contribution in [0.4, 0.5) is 14.5 Å². The van der Waals surface area contributed by atoms with Gasteiger partial charge in [-0.15, -0.1) is 0 Å². The Morgan fingerprint density at radius 1 is 1.27 bits per heavy atom. The summed E-state index contributed by atoms with van der Waals surface area (Å²) in [5.41, 5.74) is 1.35. The van der Waals surface area contributed by atoms with Crippen LogP contribution in [0.15, 0.2) is 42.7 Å². The third-order valence-electron chi connectivity index (χ3n) is 3.69. The van der Waals surface area contributed by atoms with E-state index in [4.69, 9.17) is 4.74 Å². The van der Waals surface area contributed by atoms with Gasteiger partial charge in [0, 0.05) is 24.7 Å². The molecular formula is C18H17F2N3O3. The molecular weight excluding hydrogens is 344 g/mol. The highest BCUT2D eigenvalue weighted by Gasteiger charge is 2.12. The topological polar surface area (TPSA) is 76.4 Å². The van der Waals surface area contributed by atoms with Crippen molar-refractivity contribution in [2.75, 3.05) is 11.9 Å². The molecule has 1 heterocycles. The molecule has 0 spiro atoms. The van der Waals surface area contributed by atoms with E-state index in [0.29, 0.717) is 22.5 Å². The summed E-state index contributed by atoms with van der Waals surface area (Å²) < 4.78 is 33.6. The Bertz CT molecular complexity index is 925. The maximum Gasteiger partial charge on any atom is 0.221 e. The van der Waals surface area contributed by atoms with Gasteiger partial charge in [-0.2, -0.15) is 0 Å². The number of nitrogens with one attached hydrogen (secondary N) is 1. The van der Waals surface area contributed by atoms with Crippen molar-refractivity contribution < 1.29 is 23.4 Å². The summed E-state index contributed by atoms with van der Waals surface area (Å²) in [5.74, 6) is -1.57. The summed E-state index contributed by atoms with van der Waals surface area (Å²) in [6.45, 7) is 1.54. The van der Waals surface area contributed by atoms with Crippen LogP contribution in [0.3, 0.4) is 0 Å². The number of nitrogens with zero attached hydrogens (tertiary/aromatic N) is 2. The SMILES string of the molecule is CC(=O)Nc1ccc(OC[C@H](O)Cn2cnc3cc(F)c(F)cc32)cc1. The normalized spacial score (nSPS) is 12.2. The second-order valence-electron chi connectivity index (χ2n) is 5.82. The van der Waals surface area contributed by atoms with E-state index in [-0.39, 0.29) is 19.1 Å². The van der Waals surface area contributed by atoms with Crippen molar-refractivity contribution in [3.05, 3.63) is 54.4 Å². The molecule has 0 aliphatic heterocycles. The molecule has 26 heavy (non-hydrogen) atoms. The van der Waals surface area contributed by atoms with Gasteiger partial charge in [0.15, 0.2) is 11.6 Å². The number of carbonyl (C=O) groups excluding carboxylic acids is 1. The number of aromatic nitrogens is 2. The lowest BCUT2D eigenvalue weighted by Crippen LogP contribution is -2.23. The predicted molar refractivity (Wildman–Crippen MR) is 91.9 cm³/mol. The van der Waals surface area contributed by atoms with E-state index in [2.05, 4.69) is 10.3 Å². The van der Waals surface area contributed by atoms with Crippen LogP contribution in [0.1, 0.15) is 6.92 Å². The number of rotatable bonds is 6.